The minimum absolute atomic E-state index is 0.0179. The third-order valence-corrected chi connectivity index (χ3v) is 7.15. The van der Waals surface area contributed by atoms with Gasteiger partial charge in [0.1, 0.15) is 11.8 Å². The minimum atomic E-state index is -0.786. The molecule has 36 heavy (non-hydrogen) atoms. The highest BCUT2D eigenvalue weighted by Crippen LogP contribution is 2.32. The molecule has 3 rings (SSSR count). The van der Waals surface area contributed by atoms with Crippen LogP contribution in [0.25, 0.3) is 6.08 Å². The van der Waals surface area contributed by atoms with Crippen LogP contribution in [-0.4, -0.2) is 66.1 Å². The van der Waals surface area contributed by atoms with Crippen LogP contribution in [0.4, 0.5) is 4.79 Å². The summed E-state index contributed by atoms with van der Waals surface area (Å²) in [5, 5.41) is 5.34. The largest absolute Gasteiger partial charge is 0.497 e. The zero-order chi connectivity index (χ0) is 26.1. The van der Waals surface area contributed by atoms with Crippen molar-refractivity contribution in [1.29, 1.82) is 0 Å². The van der Waals surface area contributed by atoms with Gasteiger partial charge in [0, 0.05) is 13.1 Å². The summed E-state index contributed by atoms with van der Waals surface area (Å²) in [6, 6.07) is 12.9. The van der Waals surface area contributed by atoms with Crippen molar-refractivity contribution in [2.75, 3.05) is 32.2 Å². The lowest BCUT2D eigenvalue weighted by Gasteiger charge is -2.19. The van der Waals surface area contributed by atoms with Crippen molar-refractivity contribution in [3.05, 3.63) is 69.6 Å². The van der Waals surface area contributed by atoms with Crippen LogP contribution in [0.15, 0.2) is 53.4 Å². The summed E-state index contributed by atoms with van der Waals surface area (Å²) < 4.78 is 5.13. The van der Waals surface area contributed by atoms with Gasteiger partial charge in [-0.2, -0.15) is 11.8 Å². The molecule has 11 heteroatoms. The summed E-state index contributed by atoms with van der Waals surface area (Å²) in [6.45, 7) is 0.0779. The van der Waals surface area contributed by atoms with Gasteiger partial charge in [-0.25, -0.2) is 0 Å². The van der Waals surface area contributed by atoms with Gasteiger partial charge in [0.2, 0.25) is 5.91 Å². The predicted molar refractivity (Wildman–Crippen MR) is 144 cm³/mol. The van der Waals surface area contributed by atoms with Gasteiger partial charge in [-0.1, -0.05) is 35.9 Å². The summed E-state index contributed by atoms with van der Waals surface area (Å²) in [7, 11) is 1.57. The van der Waals surface area contributed by atoms with Gasteiger partial charge < -0.3 is 15.4 Å². The molecule has 0 radical (unpaired) electrons. The molecular formula is C25H26ClN3O5S2. The number of imide groups is 1. The van der Waals surface area contributed by atoms with Crippen LogP contribution >= 0.6 is 35.1 Å². The number of hydrogen-bond acceptors (Lipinski definition) is 7. The lowest BCUT2D eigenvalue weighted by molar-refractivity contribution is -0.125. The SMILES string of the molecule is COc1ccc(/C=C2\SC(=O)N(CCNC(=O)[C@@H](CCSC)NC(=O)c3ccccc3Cl)C2=O)cc1. The standard InChI is InChI=1S/C25H26ClN3O5S2/c1-34-17-9-7-16(8-10-17)15-21-24(32)29(25(33)36-21)13-12-27-23(31)20(11-14-35-2)28-22(30)18-5-3-4-6-19(18)26/h3-10,15,20H,11-14H2,1-2H3,(H,27,31)(H,28,30)/b21-15-/t20-/m1/s1. The summed E-state index contributed by atoms with van der Waals surface area (Å²) in [5.74, 6) is 0.0812. The minimum Gasteiger partial charge on any atom is -0.497 e. The maximum atomic E-state index is 12.8. The fraction of sp³-hybridized carbons (Fsp3) is 0.280. The average Bonchev–Trinajstić information content (AvgIpc) is 3.14. The van der Waals surface area contributed by atoms with E-state index >= 15 is 0 Å². The summed E-state index contributed by atoms with van der Waals surface area (Å²) in [5.41, 5.74) is 1.04. The van der Waals surface area contributed by atoms with Crippen LogP contribution in [0.2, 0.25) is 5.02 Å². The number of nitrogens with zero attached hydrogens (tertiary/aromatic N) is 1. The van der Waals surface area contributed by atoms with Crippen molar-refractivity contribution in [2.24, 2.45) is 0 Å². The molecule has 190 valence electrons. The van der Waals surface area contributed by atoms with Gasteiger partial charge in [0.05, 0.1) is 22.6 Å². The Bertz CT molecular complexity index is 1160. The number of rotatable bonds is 11. The molecule has 0 unspecified atom stereocenters. The lowest BCUT2D eigenvalue weighted by Crippen LogP contribution is -2.48. The van der Waals surface area contributed by atoms with E-state index in [9.17, 15) is 19.2 Å². The molecule has 2 aromatic carbocycles. The number of carbonyl (C=O) groups excluding carboxylic acids is 4. The van der Waals surface area contributed by atoms with Crippen molar-refractivity contribution in [1.82, 2.24) is 15.5 Å². The highest BCUT2D eigenvalue weighted by atomic mass is 35.5. The molecule has 0 bridgehead atoms. The fourth-order valence-electron chi connectivity index (χ4n) is 3.34. The van der Waals surface area contributed by atoms with Gasteiger partial charge in [0.25, 0.3) is 17.1 Å². The number of hydrogen-bond donors (Lipinski definition) is 2. The Kier molecular flexibility index (Phi) is 10.3. The van der Waals surface area contributed by atoms with Crippen molar-refractivity contribution in [3.63, 3.8) is 0 Å². The van der Waals surface area contributed by atoms with Crippen molar-refractivity contribution >= 4 is 64.2 Å². The normalized spacial score (nSPS) is 15.2. The van der Waals surface area contributed by atoms with E-state index in [1.807, 2.05) is 6.26 Å². The Morgan fingerprint density at radius 1 is 1.17 bits per heavy atom. The molecule has 0 aliphatic carbocycles. The monoisotopic (exact) mass is 547 g/mol. The van der Waals surface area contributed by atoms with Crippen LogP contribution in [0, 0.1) is 0 Å². The van der Waals surface area contributed by atoms with Crippen LogP contribution < -0.4 is 15.4 Å². The fourth-order valence-corrected chi connectivity index (χ4v) is 4.90. The van der Waals surface area contributed by atoms with Gasteiger partial charge in [0.15, 0.2) is 0 Å². The van der Waals surface area contributed by atoms with Crippen LogP contribution in [0.5, 0.6) is 5.75 Å². The van der Waals surface area contributed by atoms with Crippen LogP contribution in [0.3, 0.4) is 0 Å². The van der Waals surface area contributed by atoms with E-state index in [1.54, 1.807) is 73.5 Å². The Labute approximate surface area is 223 Å². The summed E-state index contributed by atoms with van der Waals surface area (Å²) >= 11 is 8.50. The third kappa shape index (κ3) is 7.28. The van der Waals surface area contributed by atoms with Gasteiger partial charge in [-0.3, -0.25) is 24.1 Å². The Hall–Kier alpha value is -2.95. The molecule has 1 heterocycles. The molecule has 1 saturated heterocycles. The second-order valence-electron chi connectivity index (χ2n) is 7.68. The van der Waals surface area contributed by atoms with E-state index < -0.39 is 29.0 Å². The molecule has 1 aliphatic heterocycles. The number of carbonyl (C=O) groups is 4. The van der Waals surface area contributed by atoms with E-state index in [4.69, 9.17) is 16.3 Å². The molecule has 1 atom stereocenters. The Morgan fingerprint density at radius 3 is 2.56 bits per heavy atom. The zero-order valence-electron chi connectivity index (χ0n) is 19.8. The molecule has 0 saturated carbocycles. The first-order valence-electron chi connectivity index (χ1n) is 11.1. The highest BCUT2D eigenvalue weighted by Gasteiger charge is 2.35. The quantitative estimate of drug-likeness (QED) is 0.409. The number of thioether (sulfide) groups is 2. The number of amides is 4. The van der Waals surface area contributed by atoms with E-state index in [1.165, 1.54) is 0 Å². The molecule has 4 amide bonds. The lowest BCUT2D eigenvalue weighted by atomic mass is 10.1. The van der Waals surface area contributed by atoms with Crippen molar-refractivity contribution in [2.45, 2.75) is 12.5 Å². The number of benzene rings is 2. The molecule has 8 nitrogen and oxygen atoms in total. The molecule has 1 fully saturated rings. The summed E-state index contributed by atoms with van der Waals surface area (Å²) in [4.78, 5) is 52.0. The average molecular weight is 548 g/mol. The number of ether oxygens (including phenoxy) is 1. The predicted octanol–water partition coefficient (Wildman–Crippen LogP) is 4.05. The molecule has 1 aliphatic rings. The van der Waals surface area contributed by atoms with Gasteiger partial charge in [-0.15, -0.1) is 0 Å². The topological polar surface area (TPSA) is 105 Å². The molecule has 2 N–H and O–H groups in total. The first kappa shape index (κ1) is 27.6. The Morgan fingerprint density at radius 2 is 1.89 bits per heavy atom. The molecule has 0 spiro atoms. The molecule has 0 aromatic heterocycles. The summed E-state index contributed by atoms with van der Waals surface area (Å²) in [6.07, 6.45) is 3.96. The maximum Gasteiger partial charge on any atom is 0.293 e. The second kappa shape index (κ2) is 13.4. The first-order chi connectivity index (χ1) is 17.3. The molecule has 2 aromatic rings. The second-order valence-corrected chi connectivity index (χ2v) is 10.1. The first-order valence-corrected chi connectivity index (χ1v) is 13.6. The van der Waals surface area contributed by atoms with E-state index in [0.717, 1.165) is 22.2 Å². The number of methoxy groups -OCH3 is 1. The van der Waals surface area contributed by atoms with E-state index in [2.05, 4.69) is 10.6 Å². The zero-order valence-corrected chi connectivity index (χ0v) is 22.2. The van der Waals surface area contributed by atoms with E-state index in [-0.39, 0.29) is 18.7 Å². The number of halogens is 1. The van der Waals surface area contributed by atoms with Crippen LogP contribution in [-0.2, 0) is 9.59 Å². The van der Waals surface area contributed by atoms with Crippen LogP contribution in [0.1, 0.15) is 22.3 Å². The van der Waals surface area contributed by atoms with Gasteiger partial charge in [-0.05, 0) is 66.1 Å². The maximum absolute atomic E-state index is 12.8. The van der Waals surface area contributed by atoms with Gasteiger partial charge >= 0.3 is 0 Å². The number of nitrogens with one attached hydrogen (secondary N) is 2. The highest BCUT2D eigenvalue weighted by molar-refractivity contribution is 8.18. The molecular weight excluding hydrogens is 522 g/mol. The Balaban J connectivity index is 1.57. The van der Waals surface area contributed by atoms with Crippen molar-refractivity contribution in [3.8, 4) is 5.75 Å². The van der Waals surface area contributed by atoms with Crippen molar-refractivity contribution < 1.29 is 23.9 Å². The smallest absolute Gasteiger partial charge is 0.293 e. The van der Waals surface area contributed by atoms with E-state index in [0.29, 0.717) is 27.9 Å². The third-order valence-electron chi connectivity index (χ3n) is 5.27.